The minimum atomic E-state index is 0.326. The van der Waals surface area contributed by atoms with Gasteiger partial charge < -0.3 is 4.74 Å². The fraction of sp³-hybridized carbons (Fsp3) is 0.538. The van der Waals surface area contributed by atoms with E-state index in [4.69, 9.17) is 16.3 Å². The Hall–Kier alpha value is -0.610. The summed E-state index contributed by atoms with van der Waals surface area (Å²) in [5.74, 6) is 0. The molecule has 1 aromatic rings. The van der Waals surface area contributed by atoms with Crippen molar-refractivity contribution in [2.45, 2.75) is 19.4 Å². The van der Waals surface area contributed by atoms with Crippen molar-refractivity contribution in [2.24, 2.45) is 0 Å². The average molecular weight is 255 g/mol. The molecule has 17 heavy (non-hydrogen) atoms. The summed E-state index contributed by atoms with van der Waals surface area (Å²) in [7, 11) is 0. The molecule has 0 bridgehead atoms. The second kappa shape index (κ2) is 6.36. The average Bonchev–Trinajstić information content (AvgIpc) is 2.37. The Morgan fingerprint density at radius 2 is 2.18 bits per heavy atom. The van der Waals surface area contributed by atoms with Gasteiger partial charge in [0, 0.05) is 24.2 Å². The Morgan fingerprint density at radius 3 is 2.82 bits per heavy atom. The first kappa shape index (κ1) is 12.8. The van der Waals surface area contributed by atoms with Gasteiger partial charge >= 0.3 is 0 Å². The molecule has 1 atom stereocenters. The van der Waals surface area contributed by atoms with Crippen LogP contribution in [0.15, 0.2) is 24.3 Å². The lowest BCUT2D eigenvalue weighted by molar-refractivity contribution is 0.00299. The standard InChI is InChI=1S/C13H19ClN2O/c1-2-13(11-4-3-5-12(14)10-11)15-16-6-8-17-9-7-16/h3-5,10,13,15H,2,6-9H2,1H3. The number of nitrogens with zero attached hydrogens (tertiary/aromatic N) is 1. The van der Waals surface area contributed by atoms with Crippen LogP contribution in [0.4, 0.5) is 0 Å². The number of benzene rings is 1. The van der Waals surface area contributed by atoms with E-state index in [0.29, 0.717) is 6.04 Å². The van der Waals surface area contributed by atoms with Crippen LogP contribution in [0.3, 0.4) is 0 Å². The molecule has 0 spiro atoms. The van der Waals surface area contributed by atoms with Crippen molar-refractivity contribution in [2.75, 3.05) is 26.3 Å². The lowest BCUT2D eigenvalue weighted by Gasteiger charge is -2.31. The van der Waals surface area contributed by atoms with Crippen molar-refractivity contribution in [3.05, 3.63) is 34.9 Å². The van der Waals surface area contributed by atoms with Crippen molar-refractivity contribution >= 4 is 11.6 Å². The minimum Gasteiger partial charge on any atom is -0.379 e. The smallest absolute Gasteiger partial charge is 0.0608 e. The summed E-state index contributed by atoms with van der Waals surface area (Å²) < 4.78 is 5.34. The number of rotatable bonds is 4. The van der Waals surface area contributed by atoms with Crippen molar-refractivity contribution in [1.29, 1.82) is 0 Å². The highest BCUT2D eigenvalue weighted by Gasteiger charge is 2.16. The molecule has 94 valence electrons. The van der Waals surface area contributed by atoms with Crippen LogP contribution in [0.25, 0.3) is 0 Å². The van der Waals surface area contributed by atoms with Gasteiger partial charge in [-0.2, -0.15) is 0 Å². The fourth-order valence-corrected chi connectivity index (χ4v) is 2.24. The summed E-state index contributed by atoms with van der Waals surface area (Å²) >= 11 is 6.03. The monoisotopic (exact) mass is 254 g/mol. The molecule has 0 aromatic heterocycles. The Labute approximate surface area is 108 Å². The van der Waals surface area contributed by atoms with Crippen LogP contribution >= 0.6 is 11.6 Å². The first-order chi connectivity index (χ1) is 8.29. The van der Waals surface area contributed by atoms with E-state index in [2.05, 4.69) is 23.4 Å². The molecule has 2 rings (SSSR count). The van der Waals surface area contributed by atoms with Gasteiger partial charge in [-0.1, -0.05) is 30.7 Å². The number of hydrogen-bond acceptors (Lipinski definition) is 3. The van der Waals surface area contributed by atoms with E-state index >= 15 is 0 Å². The van der Waals surface area contributed by atoms with E-state index in [1.54, 1.807) is 0 Å². The molecule has 1 saturated heterocycles. The lowest BCUT2D eigenvalue weighted by Crippen LogP contribution is -2.47. The first-order valence-electron chi connectivity index (χ1n) is 6.14. The maximum Gasteiger partial charge on any atom is 0.0608 e. The molecule has 1 N–H and O–H groups in total. The lowest BCUT2D eigenvalue weighted by atomic mass is 10.1. The number of ether oxygens (including phenoxy) is 1. The van der Waals surface area contributed by atoms with E-state index in [1.807, 2.05) is 18.2 Å². The van der Waals surface area contributed by atoms with Crippen molar-refractivity contribution in [1.82, 2.24) is 10.4 Å². The van der Waals surface area contributed by atoms with Gasteiger partial charge in [-0.15, -0.1) is 0 Å². The van der Waals surface area contributed by atoms with Gasteiger partial charge in [0.05, 0.1) is 13.2 Å². The van der Waals surface area contributed by atoms with Crippen molar-refractivity contribution < 1.29 is 4.74 Å². The van der Waals surface area contributed by atoms with Gasteiger partial charge in [-0.05, 0) is 24.1 Å². The molecular formula is C13H19ClN2O. The predicted molar refractivity (Wildman–Crippen MR) is 70.0 cm³/mol. The first-order valence-corrected chi connectivity index (χ1v) is 6.51. The summed E-state index contributed by atoms with van der Waals surface area (Å²) in [6, 6.07) is 8.39. The zero-order chi connectivity index (χ0) is 12.1. The normalized spacial score (nSPS) is 19.2. The molecular weight excluding hydrogens is 236 g/mol. The van der Waals surface area contributed by atoms with Crippen LogP contribution in [0, 0.1) is 0 Å². The minimum absolute atomic E-state index is 0.326. The summed E-state index contributed by atoms with van der Waals surface area (Å²) in [6.45, 7) is 5.67. The molecule has 3 nitrogen and oxygen atoms in total. The van der Waals surface area contributed by atoms with Crippen LogP contribution in [0.5, 0.6) is 0 Å². The Bertz CT molecular complexity index is 353. The third-order valence-electron chi connectivity index (χ3n) is 3.01. The molecule has 0 saturated carbocycles. The molecule has 1 aliphatic rings. The van der Waals surface area contributed by atoms with E-state index < -0.39 is 0 Å². The highest BCUT2D eigenvalue weighted by atomic mass is 35.5. The molecule has 1 unspecified atom stereocenters. The molecule has 0 amide bonds. The highest BCUT2D eigenvalue weighted by Crippen LogP contribution is 2.20. The zero-order valence-corrected chi connectivity index (χ0v) is 10.9. The third kappa shape index (κ3) is 3.68. The van der Waals surface area contributed by atoms with E-state index in [9.17, 15) is 0 Å². The van der Waals surface area contributed by atoms with E-state index in [-0.39, 0.29) is 0 Å². The maximum atomic E-state index is 6.03. The van der Waals surface area contributed by atoms with Crippen LogP contribution in [-0.4, -0.2) is 31.3 Å². The van der Waals surface area contributed by atoms with Crippen LogP contribution in [0.1, 0.15) is 24.9 Å². The summed E-state index contributed by atoms with van der Waals surface area (Å²) in [4.78, 5) is 0. The number of hydrogen-bond donors (Lipinski definition) is 1. The maximum absolute atomic E-state index is 6.03. The second-order valence-corrected chi connectivity index (χ2v) is 4.68. The van der Waals surface area contributed by atoms with Gasteiger partial charge in [0.2, 0.25) is 0 Å². The van der Waals surface area contributed by atoms with Gasteiger partial charge in [-0.25, -0.2) is 10.4 Å². The van der Waals surface area contributed by atoms with Crippen LogP contribution in [-0.2, 0) is 4.74 Å². The van der Waals surface area contributed by atoms with Crippen molar-refractivity contribution in [3.63, 3.8) is 0 Å². The summed E-state index contributed by atoms with van der Waals surface area (Å²) in [5, 5.41) is 3.03. The Balaban J connectivity index is 2.00. The summed E-state index contributed by atoms with van der Waals surface area (Å²) in [5.41, 5.74) is 4.79. The molecule has 0 radical (unpaired) electrons. The summed E-state index contributed by atoms with van der Waals surface area (Å²) in [6.07, 6.45) is 1.04. The van der Waals surface area contributed by atoms with Crippen LogP contribution in [0.2, 0.25) is 5.02 Å². The quantitative estimate of drug-likeness (QED) is 0.894. The Morgan fingerprint density at radius 1 is 1.41 bits per heavy atom. The molecule has 4 heteroatoms. The predicted octanol–water partition coefficient (Wildman–Crippen LogP) is 2.63. The highest BCUT2D eigenvalue weighted by molar-refractivity contribution is 6.30. The molecule has 0 aliphatic carbocycles. The topological polar surface area (TPSA) is 24.5 Å². The van der Waals surface area contributed by atoms with Gasteiger partial charge in [0.15, 0.2) is 0 Å². The number of halogens is 1. The SMILES string of the molecule is CCC(NN1CCOCC1)c1cccc(Cl)c1. The van der Waals surface area contributed by atoms with Crippen LogP contribution < -0.4 is 5.43 Å². The molecule has 1 aromatic carbocycles. The molecule has 1 heterocycles. The van der Waals surface area contributed by atoms with Gasteiger partial charge in [0.25, 0.3) is 0 Å². The van der Waals surface area contributed by atoms with Gasteiger partial charge in [0.1, 0.15) is 0 Å². The van der Waals surface area contributed by atoms with Gasteiger partial charge in [-0.3, -0.25) is 0 Å². The second-order valence-electron chi connectivity index (χ2n) is 4.24. The molecule has 1 fully saturated rings. The van der Waals surface area contributed by atoms with E-state index in [0.717, 1.165) is 37.7 Å². The number of hydrazine groups is 1. The third-order valence-corrected chi connectivity index (χ3v) is 3.24. The Kier molecular flexibility index (Phi) is 4.80. The van der Waals surface area contributed by atoms with Crippen molar-refractivity contribution in [3.8, 4) is 0 Å². The van der Waals surface area contributed by atoms with E-state index in [1.165, 1.54) is 5.56 Å². The largest absolute Gasteiger partial charge is 0.379 e. The number of morpholine rings is 1. The number of nitrogens with one attached hydrogen (secondary N) is 1. The molecule has 1 aliphatic heterocycles. The zero-order valence-electron chi connectivity index (χ0n) is 10.2. The fourth-order valence-electron chi connectivity index (χ4n) is 2.04.